The van der Waals surface area contributed by atoms with Gasteiger partial charge in [-0.15, -0.1) is 0 Å². The Kier molecular flexibility index (Phi) is 6.51. The smallest absolute Gasteiger partial charge is 0.223 e. The van der Waals surface area contributed by atoms with Crippen molar-refractivity contribution in [2.75, 3.05) is 12.0 Å². The van der Waals surface area contributed by atoms with Crippen LogP contribution in [-0.4, -0.2) is 36.5 Å². The molecule has 0 saturated heterocycles. The molecule has 0 amide bonds. The van der Waals surface area contributed by atoms with Crippen LogP contribution in [0, 0.1) is 0 Å². The maximum Gasteiger partial charge on any atom is 0.223 e. The van der Waals surface area contributed by atoms with E-state index in [0.29, 0.717) is 29.3 Å². The molecule has 0 bridgehead atoms. The van der Waals surface area contributed by atoms with Gasteiger partial charge in [0.15, 0.2) is 0 Å². The fraction of sp³-hybridized carbons (Fsp3) is 0.529. The lowest BCUT2D eigenvalue weighted by atomic mass is 9.88. The summed E-state index contributed by atoms with van der Waals surface area (Å²) in [5.41, 5.74) is 8.87. The van der Waals surface area contributed by atoms with Gasteiger partial charge in [0.25, 0.3) is 0 Å². The Labute approximate surface area is 163 Å². The normalized spacial score (nSPS) is 15.0. The van der Waals surface area contributed by atoms with Gasteiger partial charge in [-0.3, -0.25) is 0 Å². The quantitative estimate of drug-likeness (QED) is 0.275. The van der Waals surface area contributed by atoms with Gasteiger partial charge in [0.05, 0.1) is 22.8 Å². The number of hydrogen-bond donors (Lipinski definition) is 0. The highest BCUT2D eigenvalue weighted by Crippen LogP contribution is 2.37. The predicted molar refractivity (Wildman–Crippen MR) is 106 cm³/mol. The molecule has 0 fully saturated rings. The van der Waals surface area contributed by atoms with Gasteiger partial charge in [-0.05, 0) is 49.2 Å². The number of hydrogen-bond acceptors (Lipinski definition) is 6. The van der Waals surface area contributed by atoms with Crippen LogP contribution in [0.2, 0.25) is 5.15 Å². The highest BCUT2D eigenvalue weighted by atomic mass is 35.5. The molecule has 0 aliphatic heterocycles. The number of sulfone groups is 1. The zero-order chi connectivity index (χ0) is 20.2. The van der Waals surface area contributed by atoms with E-state index in [-0.39, 0.29) is 11.9 Å². The number of azide groups is 1. The number of ether oxygens (including phenoxy) is 1. The molecule has 0 aliphatic carbocycles. The summed E-state index contributed by atoms with van der Waals surface area (Å²) in [7, 11) is -3.07. The molecule has 146 valence electrons. The minimum Gasteiger partial charge on any atom is -0.474 e. The first-order valence-corrected chi connectivity index (χ1v) is 10.9. The van der Waals surface area contributed by atoms with Crippen LogP contribution in [-0.2, 0) is 15.4 Å². The van der Waals surface area contributed by atoms with E-state index in [9.17, 15) is 8.42 Å². The van der Waals surface area contributed by atoms with Crippen molar-refractivity contribution in [1.82, 2.24) is 9.97 Å². The van der Waals surface area contributed by atoms with Crippen molar-refractivity contribution in [2.45, 2.75) is 45.3 Å². The van der Waals surface area contributed by atoms with Crippen molar-refractivity contribution in [3.05, 3.63) is 39.6 Å². The van der Waals surface area contributed by atoms with Crippen LogP contribution in [0.5, 0.6) is 5.88 Å². The van der Waals surface area contributed by atoms with Crippen LogP contribution in [0.4, 0.5) is 0 Å². The third-order valence-electron chi connectivity index (χ3n) is 4.44. The molecule has 10 heteroatoms. The molecule has 0 spiro atoms. The van der Waals surface area contributed by atoms with Crippen molar-refractivity contribution in [3.63, 3.8) is 0 Å². The molecule has 2 aromatic heterocycles. The van der Waals surface area contributed by atoms with E-state index in [1.165, 1.54) is 6.26 Å². The maximum absolute atomic E-state index is 11.4. The summed E-state index contributed by atoms with van der Waals surface area (Å²) in [6.45, 7) is 5.53. The number of halogens is 1. The van der Waals surface area contributed by atoms with Gasteiger partial charge in [-0.25, -0.2) is 18.4 Å². The fourth-order valence-corrected chi connectivity index (χ4v) is 3.57. The minimum atomic E-state index is -3.07. The van der Waals surface area contributed by atoms with E-state index in [4.69, 9.17) is 21.9 Å². The van der Waals surface area contributed by atoms with Gasteiger partial charge >= 0.3 is 0 Å². The van der Waals surface area contributed by atoms with Gasteiger partial charge in [0.2, 0.25) is 5.88 Å². The Morgan fingerprint density at radius 1 is 1.37 bits per heavy atom. The molecule has 2 rings (SSSR count). The molecule has 2 aromatic rings. The third-order valence-corrected chi connectivity index (χ3v) is 5.63. The molecule has 2 atom stereocenters. The molecule has 0 radical (unpaired) electrons. The zero-order valence-electron chi connectivity index (χ0n) is 15.7. The van der Waals surface area contributed by atoms with Gasteiger partial charge in [0, 0.05) is 23.6 Å². The van der Waals surface area contributed by atoms with Crippen molar-refractivity contribution < 1.29 is 13.2 Å². The molecular weight excluding hydrogens is 390 g/mol. The summed E-state index contributed by atoms with van der Waals surface area (Å²) < 4.78 is 28.6. The summed E-state index contributed by atoms with van der Waals surface area (Å²) in [6, 6.07) is 1.68. The highest BCUT2D eigenvalue weighted by molar-refractivity contribution is 7.90. The fourth-order valence-electron chi connectivity index (χ4n) is 2.65. The van der Waals surface area contributed by atoms with Crippen LogP contribution < -0.4 is 4.74 Å². The van der Waals surface area contributed by atoms with E-state index in [1.807, 2.05) is 13.8 Å². The molecule has 2 unspecified atom stereocenters. The third kappa shape index (κ3) is 5.22. The minimum absolute atomic E-state index is 0.0268. The average molecular weight is 412 g/mol. The zero-order valence-corrected chi connectivity index (χ0v) is 17.3. The summed E-state index contributed by atoms with van der Waals surface area (Å²) in [5, 5.41) is 5.59. The van der Waals surface area contributed by atoms with Gasteiger partial charge in [0.1, 0.15) is 15.0 Å². The van der Waals surface area contributed by atoms with E-state index in [1.54, 1.807) is 25.4 Å². The molecule has 27 heavy (non-hydrogen) atoms. The Morgan fingerprint density at radius 3 is 2.67 bits per heavy atom. The Morgan fingerprint density at radius 2 is 2.07 bits per heavy atom. The first kappa shape index (κ1) is 21.2. The molecule has 0 aliphatic rings. The standard InChI is InChI=1S/C17H22ClN5O3S/c1-5-17(3,22-23-19)14-10-21-16(13-9-20-15(18)8-12(13)14)26-11(2)6-7-27(4,24)25/h8-11H,5-7H2,1-4H3. The topological polar surface area (TPSA) is 118 Å². The summed E-state index contributed by atoms with van der Waals surface area (Å²) in [6.07, 6.45) is 4.91. The van der Waals surface area contributed by atoms with Crippen molar-refractivity contribution >= 4 is 32.2 Å². The second kappa shape index (κ2) is 8.29. The van der Waals surface area contributed by atoms with Crippen LogP contribution in [0.15, 0.2) is 23.6 Å². The number of nitrogens with zero attached hydrogens (tertiary/aromatic N) is 5. The van der Waals surface area contributed by atoms with E-state index < -0.39 is 15.4 Å². The summed E-state index contributed by atoms with van der Waals surface area (Å²) in [5.74, 6) is 0.359. The molecular formula is C17H22ClN5O3S. The van der Waals surface area contributed by atoms with Crippen molar-refractivity contribution in [2.24, 2.45) is 5.11 Å². The van der Waals surface area contributed by atoms with Gasteiger partial charge in [-0.1, -0.05) is 23.6 Å². The molecule has 8 nitrogen and oxygen atoms in total. The van der Waals surface area contributed by atoms with Crippen molar-refractivity contribution in [3.8, 4) is 5.88 Å². The highest BCUT2D eigenvalue weighted by Gasteiger charge is 2.27. The lowest BCUT2D eigenvalue weighted by Crippen LogP contribution is -2.20. The van der Waals surface area contributed by atoms with Crippen LogP contribution in [0.3, 0.4) is 0 Å². The second-order valence-corrected chi connectivity index (χ2v) is 9.34. The molecule has 0 saturated carbocycles. The van der Waals surface area contributed by atoms with E-state index >= 15 is 0 Å². The number of pyridine rings is 2. The average Bonchev–Trinajstić information content (AvgIpc) is 2.59. The first-order chi connectivity index (χ1) is 12.6. The monoisotopic (exact) mass is 411 g/mol. The largest absolute Gasteiger partial charge is 0.474 e. The summed E-state index contributed by atoms with van der Waals surface area (Å²) >= 11 is 6.08. The second-order valence-electron chi connectivity index (χ2n) is 6.69. The van der Waals surface area contributed by atoms with Crippen LogP contribution in [0.1, 0.15) is 39.2 Å². The van der Waals surface area contributed by atoms with Crippen LogP contribution >= 0.6 is 11.6 Å². The predicted octanol–water partition coefficient (Wildman–Crippen LogP) is 4.42. The van der Waals surface area contributed by atoms with E-state index in [0.717, 1.165) is 10.9 Å². The Balaban J connectivity index is 2.49. The maximum atomic E-state index is 11.4. The molecule has 2 heterocycles. The first-order valence-electron chi connectivity index (χ1n) is 8.45. The van der Waals surface area contributed by atoms with E-state index in [2.05, 4.69) is 20.0 Å². The molecule has 0 aromatic carbocycles. The molecule has 0 N–H and O–H groups in total. The lowest BCUT2D eigenvalue weighted by molar-refractivity contribution is 0.212. The van der Waals surface area contributed by atoms with Gasteiger partial charge in [-0.2, -0.15) is 0 Å². The Hall–Kier alpha value is -2.09. The summed E-state index contributed by atoms with van der Waals surface area (Å²) in [4.78, 5) is 11.4. The Bertz CT molecular complexity index is 991. The number of fused-ring (bicyclic) bond motifs is 1. The lowest BCUT2D eigenvalue weighted by Gasteiger charge is -2.25. The SMILES string of the molecule is CCC(C)(N=[N+]=[N-])c1cnc(OC(C)CCS(C)(=O)=O)c2cnc(Cl)cc12. The number of rotatable bonds is 8. The number of aromatic nitrogens is 2. The van der Waals surface area contributed by atoms with Crippen LogP contribution in [0.25, 0.3) is 21.2 Å². The van der Waals surface area contributed by atoms with Gasteiger partial charge < -0.3 is 4.74 Å². The van der Waals surface area contributed by atoms with Crippen molar-refractivity contribution in [1.29, 1.82) is 0 Å².